The fraction of sp³-hybridized carbons (Fsp3) is 0.0370. The van der Waals surface area contributed by atoms with Gasteiger partial charge in [0.2, 0.25) is 0 Å². The second kappa shape index (κ2) is 10.9. The van der Waals surface area contributed by atoms with Gasteiger partial charge in [-0.05, 0) is 0 Å². The molecule has 0 aliphatic rings. The molecule has 0 fully saturated rings. The quantitative estimate of drug-likeness (QED) is 0.210. The van der Waals surface area contributed by atoms with E-state index < -0.39 is 38.6 Å². The number of hydrogen-bond acceptors (Lipinski definition) is 5. The van der Waals surface area contributed by atoms with Crippen molar-refractivity contribution in [3.05, 3.63) is 132 Å². The van der Waals surface area contributed by atoms with Crippen LogP contribution in [0.15, 0.2) is 131 Å². The van der Waals surface area contributed by atoms with Crippen LogP contribution in [-0.4, -0.2) is 35.5 Å². The molecule has 198 valence electrons. The summed E-state index contributed by atoms with van der Waals surface area (Å²) < 4.78 is 99.7. The molecule has 0 aromatic heterocycles. The van der Waals surface area contributed by atoms with Gasteiger partial charge in [0.25, 0.3) is 0 Å². The van der Waals surface area contributed by atoms with Crippen LogP contribution < -0.4 is 8.92 Å². The normalized spacial score (nSPS) is 13.7. The van der Waals surface area contributed by atoms with E-state index in [4.69, 9.17) is 3.27 Å². The molecule has 0 heterocycles. The summed E-state index contributed by atoms with van der Waals surface area (Å²) in [4.78, 5) is 0.609. The van der Waals surface area contributed by atoms with Crippen LogP contribution in [0.25, 0.3) is 4.91 Å². The zero-order valence-electron chi connectivity index (χ0n) is 19.5. The summed E-state index contributed by atoms with van der Waals surface area (Å²) in [6.45, 7) is 0. The predicted molar refractivity (Wildman–Crippen MR) is 142 cm³/mol. The molecule has 0 aliphatic heterocycles. The fourth-order valence-corrected chi connectivity index (χ4v) is 14.9. The van der Waals surface area contributed by atoms with Gasteiger partial charge in [-0.3, -0.25) is 0 Å². The Labute approximate surface area is 221 Å². The van der Waals surface area contributed by atoms with E-state index >= 15 is 0 Å². The van der Waals surface area contributed by atoms with Crippen molar-refractivity contribution in [1.29, 1.82) is 0 Å². The van der Waals surface area contributed by atoms with E-state index in [-0.39, 0.29) is 24.3 Å². The number of benzene rings is 4. The van der Waals surface area contributed by atoms with Gasteiger partial charge in [-0.1, -0.05) is 0 Å². The maximum absolute atomic E-state index is 14.0. The summed E-state index contributed by atoms with van der Waals surface area (Å²) in [5.74, 6) is 0. The van der Waals surface area contributed by atoms with Crippen LogP contribution in [0, 0.1) is 0 Å². The van der Waals surface area contributed by atoms with Crippen molar-refractivity contribution in [2.45, 2.75) is 10.4 Å². The van der Waals surface area contributed by atoms with Gasteiger partial charge in [0, 0.05) is 0 Å². The maximum atomic E-state index is 14.0. The molecule has 0 saturated carbocycles. The van der Waals surface area contributed by atoms with Crippen molar-refractivity contribution < 1.29 is 33.3 Å². The van der Waals surface area contributed by atoms with Crippen molar-refractivity contribution in [1.82, 2.24) is 0 Å². The third-order valence-corrected chi connectivity index (χ3v) is 16.2. The molecule has 0 atom stereocenters. The summed E-state index contributed by atoms with van der Waals surface area (Å²) in [7, 11) is -10.5. The van der Waals surface area contributed by atoms with Crippen LogP contribution in [0.4, 0.5) is 13.2 Å². The summed E-state index contributed by atoms with van der Waals surface area (Å²) in [6.07, 6.45) is 0. The van der Waals surface area contributed by atoms with E-state index in [9.17, 15) is 30.0 Å². The fourth-order valence-electron chi connectivity index (χ4n) is 3.56. The van der Waals surface area contributed by atoms with E-state index in [0.717, 1.165) is 4.97 Å². The average molecular weight is 626 g/mol. The van der Waals surface area contributed by atoms with E-state index in [2.05, 4.69) is 0 Å². The first-order chi connectivity index (χ1) is 18.0. The molecule has 0 bridgehead atoms. The van der Waals surface area contributed by atoms with Gasteiger partial charge in [-0.25, -0.2) is 0 Å². The van der Waals surface area contributed by atoms with Crippen molar-refractivity contribution >= 4 is 47.0 Å². The Kier molecular flexibility index (Phi) is 7.96. The molecular weight excluding hydrogens is 604 g/mol. The molecule has 0 unspecified atom stereocenters. The summed E-state index contributed by atoms with van der Waals surface area (Å²) in [5.41, 5.74) is -5.57. The first-order valence-corrected chi connectivity index (χ1v) is 17.3. The zero-order chi connectivity index (χ0) is 27.4. The predicted octanol–water partition coefficient (Wildman–Crippen LogP) is 4.67. The van der Waals surface area contributed by atoms with Gasteiger partial charge >= 0.3 is 223 Å². The van der Waals surface area contributed by atoms with Gasteiger partial charge in [0.15, 0.2) is 0 Å². The SMILES string of the molecule is O=S(=O)(/C(=C\[Se](OS(=O)(=O)C(F)(F)F)(c1ccccc1)c1ccccc1)c1ccccc1)c1ccccc1. The van der Waals surface area contributed by atoms with Gasteiger partial charge in [-0.2, -0.15) is 0 Å². The molecule has 0 N–H and O–H groups in total. The third-order valence-electron chi connectivity index (χ3n) is 5.34. The molecule has 5 nitrogen and oxygen atoms in total. The second-order valence-corrected chi connectivity index (χ2v) is 17.1. The standard InChI is InChI=1S/C27H21F3O5S2Se/c28-27(29,30)37(33,34)35-38(24-17-9-3-10-18-24,25-19-11-4-12-20-25)21-26(22-13-5-1-6-14-22)36(31,32)23-15-7-2-8-16-23/h1-21H/b26-21-. The van der Waals surface area contributed by atoms with Crippen molar-refractivity contribution in [3.63, 3.8) is 0 Å². The van der Waals surface area contributed by atoms with Gasteiger partial charge in [0.1, 0.15) is 0 Å². The molecule has 0 spiro atoms. The van der Waals surface area contributed by atoms with Crippen LogP contribution >= 0.6 is 0 Å². The monoisotopic (exact) mass is 626 g/mol. The first-order valence-electron chi connectivity index (χ1n) is 11.0. The molecule has 4 rings (SSSR count). The van der Waals surface area contributed by atoms with Gasteiger partial charge < -0.3 is 0 Å². The Morgan fingerprint density at radius 3 is 1.45 bits per heavy atom. The Morgan fingerprint density at radius 2 is 1.03 bits per heavy atom. The Hall–Kier alpha value is -3.21. The first kappa shape index (κ1) is 27.8. The second-order valence-electron chi connectivity index (χ2n) is 7.86. The molecule has 4 aromatic rings. The molecule has 0 aliphatic carbocycles. The van der Waals surface area contributed by atoms with E-state index in [0.29, 0.717) is 0 Å². The molecule has 4 aromatic carbocycles. The van der Waals surface area contributed by atoms with Gasteiger partial charge in [0.05, 0.1) is 0 Å². The van der Waals surface area contributed by atoms with E-state index in [1.807, 2.05) is 0 Å². The van der Waals surface area contributed by atoms with Crippen LogP contribution in [0.1, 0.15) is 5.56 Å². The Morgan fingerprint density at radius 1 is 0.632 bits per heavy atom. The third kappa shape index (κ3) is 5.62. The summed E-state index contributed by atoms with van der Waals surface area (Å²) >= 11 is -4.90. The average Bonchev–Trinajstić information content (AvgIpc) is 2.92. The molecule has 0 radical (unpaired) electrons. The molecule has 38 heavy (non-hydrogen) atoms. The zero-order valence-corrected chi connectivity index (χ0v) is 22.9. The summed E-state index contributed by atoms with van der Waals surface area (Å²) in [6, 6.07) is 30.2. The van der Waals surface area contributed by atoms with Crippen molar-refractivity contribution in [3.8, 4) is 0 Å². The topological polar surface area (TPSA) is 77.5 Å². The number of alkyl halides is 3. The van der Waals surface area contributed by atoms with Gasteiger partial charge in [-0.15, -0.1) is 0 Å². The van der Waals surface area contributed by atoms with Crippen molar-refractivity contribution in [2.24, 2.45) is 0 Å². The van der Waals surface area contributed by atoms with E-state index in [1.54, 1.807) is 36.4 Å². The Bertz CT molecular complexity index is 1590. The van der Waals surface area contributed by atoms with E-state index in [1.165, 1.54) is 84.9 Å². The molecule has 0 saturated heterocycles. The van der Waals surface area contributed by atoms with Crippen LogP contribution in [0.5, 0.6) is 0 Å². The van der Waals surface area contributed by atoms with Crippen molar-refractivity contribution in [2.75, 3.05) is 0 Å². The Balaban J connectivity index is 2.16. The van der Waals surface area contributed by atoms with Crippen LogP contribution in [0.2, 0.25) is 0 Å². The summed E-state index contributed by atoms with van der Waals surface area (Å²) in [5, 5.41) is 0. The number of rotatable bonds is 8. The van der Waals surface area contributed by atoms with Crippen LogP contribution in [0.3, 0.4) is 0 Å². The van der Waals surface area contributed by atoms with Crippen LogP contribution in [-0.2, 0) is 23.2 Å². The molecular formula is C27H21F3O5S2Se. The molecule has 11 heteroatoms. The number of hydrogen-bond donors (Lipinski definition) is 0. The minimum absolute atomic E-state index is 0.110. The number of sulfone groups is 1. The minimum atomic E-state index is -6.16. The number of halogens is 3. The molecule has 0 amide bonds.